The molecular formula is C16H13ClFNO2. The number of ether oxygens (including phenoxy) is 1. The quantitative estimate of drug-likeness (QED) is 0.882. The normalized spacial score (nSPS) is 9.86. The number of pyridine rings is 1. The van der Waals surface area contributed by atoms with Gasteiger partial charge in [0, 0.05) is 23.7 Å². The van der Waals surface area contributed by atoms with Crippen molar-refractivity contribution in [1.29, 1.82) is 0 Å². The molecule has 1 aromatic heterocycles. The Morgan fingerprint density at radius 2 is 2.14 bits per heavy atom. The highest BCUT2D eigenvalue weighted by atomic mass is 35.5. The van der Waals surface area contributed by atoms with Gasteiger partial charge >= 0.3 is 0 Å². The molecule has 0 spiro atoms. The van der Waals surface area contributed by atoms with Gasteiger partial charge in [-0.15, -0.1) is 0 Å². The van der Waals surface area contributed by atoms with E-state index in [1.807, 2.05) is 0 Å². The van der Waals surface area contributed by atoms with E-state index in [-0.39, 0.29) is 19.0 Å². The van der Waals surface area contributed by atoms with Crippen molar-refractivity contribution >= 4 is 11.6 Å². The molecule has 0 saturated carbocycles. The van der Waals surface area contributed by atoms with Crippen LogP contribution in [0.4, 0.5) is 4.39 Å². The molecule has 0 radical (unpaired) electrons. The van der Waals surface area contributed by atoms with Crippen LogP contribution < -0.4 is 4.74 Å². The zero-order valence-electron chi connectivity index (χ0n) is 11.1. The lowest BCUT2D eigenvalue weighted by Gasteiger charge is -2.07. The van der Waals surface area contributed by atoms with Crippen LogP contribution in [0.5, 0.6) is 5.75 Å². The van der Waals surface area contributed by atoms with Crippen molar-refractivity contribution in [1.82, 2.24) is 4.98 Å². The first-order valence-corrected chi connectivity index (χ1v) is 6.68. The first-order chi connectivity index (χ1) is 10.2. The Labute approximate surface area is 127 Å². The summed E-state index contributed by atoms with van der Waals surface area (Å²) >= 11 is 5.93. The smallest absolute Gasteiger partial charge is 0.139 e. The number of hydrogen-bond donors (Lipinski definition) is 1. The van der Waals surface area contributed by atoms with Crippen molar-refractivity contribution in [3.05, 3.63) is 58.6 Å². The molecule has 0 unspecified atom stereocenters. The minimum absolute atomic E-state index is 0.0275. The molecule has 0 aliphatic rings. The lowest BCUT2D eigenvalue weighted by atomic mass is 10.2. The molecule has 0 bridgehead atoms. The molecule has 0 aliphatic heterocycles. The van der Waals surface area contributed by atoms with E-state index in [4.69, 9.17) is 21.4 Å². The van der Waals surface area contributed by atoms with Crippen LogP contribution in [-0.2, 0) is 6.61 Å². The fraction of sp³-hybridized carbons (Fsp3) is 0.188. The van der Waals surface area contributed by atoms with Crippen LogP contribution in [0.3, 0.4) is 0 Å². The van der Waals surface area contributed by atoms with Gasteiger partial charge < -0.3 is 9.84 Å². The number of benzene rings is 1. The third-order valence-electron chi connectivity index (χ3n) is 2.59. The number of hydrogen-bond acceptors (Lipinski definition) is 3. The fourth-order valence-electron chi connectivity index (χ4n) is 1.59. The zero-order chi connectivity index (χ0) is 15.1. The van der Waals surface area contributed by atoms with Crippen LogP contribution in [0.1, 0.15) is 17.5 Å². The highest BCUT2D eigenvalue weighted by Crippen LogP contribution is 2.20. The maximum absolute atomic E-state index is 12.9. The number of aromatic nitrogens is 1. The van der Waals surface area contributed by atoms with E-state index in [1.54, 1.807) is 24.5 Å². The molecule has 0 atom stereocenters. The summed E-state index contributed by atoms with van der Waals surface area (Å²) in [6.07, 6.45) is 3.59. The van der Waals surface area contributed by atoms with Crippen LogP contribution in [-0.4, -0.2) is 16.7 Å². The number of nitrogens with zero attached hydrogens (tertiary/aromatic N) is 1. The van der Waals surface area contributed by atoms with Gasteiger partial charge in [-0.25, -0.2) is 4.39 Å². The monoisotopic (exact) mass is 305 g/mol. The van der Waals surface area contributed by atoms with E-state index in [1.165, 1.54) is 12.1 Å². The van der Waals surface area contributed by atoms with Crippen molar-refractivity contribution in [3.8, 4) is 17.6 Å². The average Bonchev–Trinajstić information content (AvgIpc) is 2.47. The topological polar surface area (TPSA) is 42.4 Å². The number of aliphatic hydroxyl groups is 1. The van der Waals surface area contributed by atoms with E-state index in [9.17, 15) is 4.39 Å². The van der Waals surface area contributed by atoms with Crippen molar-refractivity contribution < 1.29 is 14.2 Å². The molecule has 0 saturated heterocycles. The summed E-state index contributed by atoms with van der Waals surface area (Å²) in [6, 6.07) is 5.90. The van der Waals surface area contributed by atoms with Gasteiger partial charge in [-0.05, 0) is 18.2 Å². The molecule has 1 aromatic carbocycles. The van der Waals surface area contributed by atoms with Crippen LogP contribution in [0.15, 0.2) is 36.7 Å². The summed E-state index contributed by atoms with van der Waals surface area (Å²) in [7, 11) is 0. The Morgan fingerprint density at radius 1 is 1.29 bits per heavy atom. The molecule has 1 heterocycles. The molecule has 0 amide bonds. The maximum Gasteiger partial charge on any atom is 0.139 e. The number of aliphatic hydroxyl groups excluding tert-OH is 1. The Bertz CT molecular complexity index is 679. The van der Waals surface area contributed by atoms with Gasteiger partial charge in [0.15, 0.2) is 0 Å². The molecule has 1 N–H and O–H groups in total. The summed E-state index contributed by atoms with van der Waals surface area (Å²) in [5.74, 6) is 5.85. The largest absolute Gasteiger partial charge is 0.487 e. The third-order valence-corrected chi connectivity index (χ3v) is 2.94. The predicted octanol–water partition coefficient (Wildman–Crippen LogP) is 3.19. The van der Waals surface area contributed by atoms with Gasteiger partial charge in [-0.3, -0.25) is 4.98 Å². The Balaban J connectivity index is 2.03. The molecule has 21 heavy (non-hydrogen) atoms. The molecule has 5 heteroatoms. The summed E-state index contributed by atoms with van der Waals surface area (Å²) in [4.78, 5) is 4.03. The van der Waals surface area contributed by atoms with Gasteiger partial charge in [0.2, 0.25) is 0 Å². The first kappa shape index (κ1) is 15.3. The Kier molecular flexibility index (Phi) is 5.56. The Hall–Kier alpha value is -2.09. The first-order valence-electron chi connectivity index (χ1n) is 6.30. The molecule has 0 aliphatic carbocycles. The summed E-state index contributed by atoms with van der Waals surface area (Å²) in [6.45, 7) is 0.244. The zero-order valence-corrected chi connectivity index (χ0v) is 11.9. The standard InChI is InChI=1S/C16H13ClFNO2/c17-16-8-14(18)5-4-13(16)11-21-15-7-12(9-19-10-15)3-1-2-6-20/h4-5,7-10,20H,2,6,11H2. The van der Waals surface area contributed by atoms with Crippen LogP contribution in [0.25, 0.3) is 0 Å². The second-order valence-electron chi connectivity index (χ2n) is 4.21. The van der Waals surface area contributed by atoms with E-state index in [2.05, 4.69) is 16.8 Å². The third kappa shape index (κ3) is 4.75. The van der Waals surface area contributed by atoms with Gasteiger partial charge in [0.1, 0.15) is 18.2 Å². The minimum atomic E-state index is -0.383. The van der Waals surface area contributed by atoms with E-state index < -0.39 is 0 Å². The molecular weight excluding hydrogens is 293 g/mol. The van der Waals surface area contributed by atoms with Crippen molar-refractivity contribution in [2.45, 2.75) is 13.0 Å². The van der Waals surface area contributed by atoms with Gasteiger partial charge in [-0.1, -0.05) is 29.5 Å². The maximum atomic E-state index is 12.9. The van der Waals surface area contributed by atoms with Gasteiger partial charge in [0.05, 0.1) is 17.8 Å². The number of halogens is 2. The highest BCUT2D eigenvalue weighted by molar-refractivity contribution is 6.31. The molecule has 3 nitrogen and oxygen atoms in total. The summed E-state index contributed by atoms with van der Waals surface area (Å²) < 4.78 is 18.5. The van der Waals surface area contributed by atoms with Crippen LogP contribution in [0, 0.1) is 17.7 Å². The Morgan fingerprint density at radius 3 is 2.90 bits per heavy atom. The fourth-order valence-corrected chi connectivity index (χ4v) is 1.81. The van der Waals surface area contributed by atoms with E-state index in [0.717, 1.165) is 0 Å². The van der Waals surface area contributed by atoms with E-state index >= 15 is 0 Å². The molecule has 108 valence electrons. The minimum Gasteiger partial charge on any atom is -0.487 e. The predicted molar refractivity (Wildman–Crippen MR) is 78.6 cm³/mol. The molecule has 2 aromatic rings. The molecule has 0 fully saturated rings. The average molecular weight is 306 g/mol. The lowest BCUT2D eigenvalue weighted by molar-refractivity contribution is 0.305. The second kappa shape index (κ2) is 7.63. The second-order valence-corrected chi connectivity index (χ2v) is 4.62. The summed E-state index contributed by atoms with van der Waals surface area (Å²) in [5.41, 5.74) is 1.39. The molecule has 2 rings (SSSR count). The lowest BCUT2D eigenvalue weighted by Crippen LogP contribution is -1.97. The van der Waals surface area contributed by atoms with Crippen molar-refractivity contribution in [3.63, 3.8) is 0 Å². The number of rotatable bonds is 4. The van der Waals surface area contributed by atoms with E-state index in [0.29, 0.717) is 28.3 Å². The van der Waals surface area contributed by atoms with Gasteiger partial charge in [-0.2, -0.15) is 0 Å². The SMILES string of the molecule is OCCC#Cc1cncc(OCc2ccc(F)cc2Cl)c1. The summed E-state index contributed by atoms with van der Waals surface area (Å²) in [5, 5.41) is 8.99. The highest BCUT2D eigenvalue weighted by Gasteiger charge is 2.03. The van der Waals surface area contributed by atoms with Crippen molar-refractivity contribution in [2.24, 2.45) is 0 Å². The van der Waals surface area contributed by atoms with Crippen LogP contribution in [0.2, 0.25) is 5.02 Å². The van der Waals surface area contributed by atoms with Crippen LogP contribution >= 0.6 is 11.6 Å². The van der Waals surface area contributed by atoms with Gasteiger partial charge in [0.25, 0.3) is 0 Å². The van der Waals surface area contributed by atoms with Crippen molar-refractivity contribution in [2.75, 3.05) is 6.61 Å².